The van der Waals surface area contributed by atoms with Crippen LogP contribution in [0.25, 0.3) is 0 Å². The Morgan fingerprint density at radius 1 is 1.29 bits per heavy atom. The molecule has 0 atom stereocenters. The smallest absolute Gasteiger partial charge is 0.334 e. The van der Waals surface area contributed by atoms with Crippen molar-refractivity contribution < 1.29 is 4.92 Å². The van der Waals surface area contributed by atoms with E-state index in [1.165, 1.54) is 0 Å². The molecule has 130 valence electrons. The van der Waals surface area contributed by atoms with Crippen LogP contribution in [0.1, 0.15) is 24.3 Å². The molecule has 2 aromatic rings. The fourth-order valence-electron chi connectivity index (χ4n) is 3.12. The third-order valence-electron chi connectivity index (χ3n) is 4.26. The lowest BCUT2D eigenvalue weighted by Gasteiger charge is -2.34. The van der Waals surface area contributed by atoms with Crippen LogP contribution < -0.4 is 4.90 Å². The van der Waals surface area contributed by atoms with Crippen molar-refractivity contribution in [3.8, 4) is 0 Å². The number of nitro groups is 1. The normalized spacial score (nSPS) is 15.9. The number of nitrogens with zero attached hydrogens (tertiary/aromatic N) is 7. The number of piperazine rings is 1. The van der Waals surface area contributed by atoms with Gasteiger partial charge in [-0.2, -0.15) is 10.2 Å². The third kappa shape index (κ3) is 3.09. The van der Waals surface area contributed by atoms with E-state index < -0.39 is 0 Å². The predicted octanol–water partition coefficient (Wildman–Crippen LogP) is 0.639. The van der Waals surface area contributed by atoms with Crippen LogP contribution in [0.4, 0.5) is 11.5 Å². The van der Waals surface area contributed by atoms with Crippen molar-refractivity contribution in [2.24, 2.45) is 7.05 Å². The molecule has 0 saturated carbocycles. The second-order valence-electron chi connectivity index (χ2n) is 5.95. The Hall–Kier alpha value is -2.49. The van der Waals surface area contributed by atoms with Gasteiger partial charge in [-0.3, -0.25) is 20.1 Å². The molecule has 0 radical (unpaired) electrons. The lowest BCUT2D eigenvalue weighted by molar-refractivity contribution is -0.384. The quantitative estimate of drug-likeness (QED) is 0.631. The summed E-state index contributed by atoms with van der Waals surface area (Å²) < 4.78 is 1.63. The Morgan fingerprint density at radius 3 is 2.54 bits per heavy atom. The first kappa shape index (κ1) is 16.4. The molecule has 1 N–H and O–H groups in total. The standard InChI is InChI=1S/C14H22N8O2/c1-4-11-13(22(23)24)14(19(3)18-11)21-7-5-20(6-8-21)9-12-15-10(2)16-17-12/h4-9H2,1-3H3,(H,15,16,17). The predicted molar refractivity (Wildman–Crippen MR) is 87.9 cm³/mol. The van der Waals surface area contributed by atoms with Crippen LogP contribution in [-0.2, 0) is 20.0 Å². The van der Waals surface area contributed by atoms with Crippen molar-refractivity contribution in [1.29, 1.82) is 0 Å². The Kier molecular flexibility index (Phi) is 4.47. The van der Waals surface area contributed by atoms with Crippen LogP contribution in [0.5, 0.6) is 0 Å². The van der Waals surface area contributed by atoms with E-state index in [1.807, 2.05) is 18.7 Å². The van der Waals surface area contributed by atoms with Gasteiger partial charge in [-0.05, 0) is 13.3 Å². The van der Waals surface area contributed by atoms with Crippen molar-refractivity contribution in [3.63, 3.8) is 0 Å². The molecule has 1 aliphatic rings. The molecule has 0 spiro atoms. The van der Waals surface area contributed by atoms with E-state index in [1.54, 1.807) is 11.7 Å². The van der Waals surface area contributed by atoms with Gasteiger partial charge in [0.15, 0.2) is 5.82 Å². The zero-order valence-electron chi connectivity index (χ0n) is 14.2. The summed E-state index contributed by atoms with van der Waals surface area (Å²) in [4.78, 5) is 19.8. The summed E-state index contributed by atoms with van der Waals surface area (Å²) in [5, 5.41) is 22.8. The number of hydrogen-bond donors (Lipinski definition) is 1. The summed E-state index contributed by atoms with van der Waals surface area (Å²) in [6, 6.07) is 0. The molecular formula is C14H22N8O2. The van der Waals surface area contributed by atoms with Gasteiger partial charge in [0.05, 0.1) is 11.5 Å². The first-order valence-electron chi connectivity index (χ1n) is 8.05. The van der Waals surface area contributed by atoms with Crippen molar-refractivity contribution in [3.05, 3.63) is 27.5 Å². The molecule has 1 fully saturated rings. The fraction of sp³-hybridized carbons (Fsp3) is 0.643. The van der Waals surface area contributed by atoms with E-state index >= 15 is 0 Å². The summed E-state index contributed by atoms with van der Waals surface area (Å²) in [7, 11) is 1.77. The first-order valence-corrected chi connectivity index (χ1v) is 8.05. The highest BCUT2D eigenvalue weighted by molar-refractivity contribution is 5.61. The average molecular weight is 334 g/mol. The summed E-state index contributed by atoms with van der Waals surface area (Å²) >= 11 is 0. The van der Waals surface area contributed by atoms with Gasteiger partial charge < -0.3 is 4.90 Å². The minimum atomic E-state index is -0.316. The van der Waals surface area contributed by atoms with Gasteiger partial charge in [-0.25, -0.2) is 9.67 Å². The molecule has 10 heteroatoms. The topological polar surface area (TPSA) is 109 Å². The van der Waals surface area contributed by atoms with E-state index in [2.05, 4.69) is 25.2 Å². The monoisotopic (exact) mass is 334 g/mol. The van der Waals surface area contributed by atoms with Gasteiger partial charge in [0, 0.05) is 33.2 Å². The molecule has 3 rings (SSSR count). The van der Waals surface area contributed by atoms with Crippen molar-refractivity contribution in [2.75, 3.05) is 31.1 Å². The Labute approximate surface area is 139 Å². The molecule has 0 aromatic carbocycles. The lowest BCUT2D eigenvalue weighted by Crippen LogP contribution is -2.46. The van der Waals surface area contributed by atoms with Crippen LogP contribution in [-0.4, -0.2) is 61.0 Å². The maximum atomic E-state index is 11.5. The Morgan fingerprint density at radius 2 is 2.00 bits per heavy atom. The molecule has 0 bridgehead atoms. The summed E-state index contributed by atoms with van der Waals surface area (Å²) in [6.45, 7) is 7.48. The molecule has 2 aromatic heterocycles. The number of aromatic amines is 1. The van der Waals surface area contributed by atoms with Crippen molar-refractivity contribution in [2.45, 2.75) is 26.8 Å². The molecule has 0 unspecified atom stereocenters. The van der Waals surface area contributed by atoms with E-state index in [0.717, 1.165) is 24.7 Å². The average Bonchev–Trinajstić information content (AvgIpc) is 3.11. The molecular weight excluding hydrogens is 312 g/mol. The van der Waals surface area contributed by atoms with Crippen LogP contribution in [0.3, 0.4) is 0 Å². The van der Waals surface area contributed by atoms with Crippen molar-refractivity contribution in [1.82, 2.24) is 29.9 Å². The van der Waals surface area contributed by atoms with Crippen LogP contribution in [0, 0.1) is 17.0 Å². The van der Waals surface area contributed by atoms with Gasteiger partial charge in [0.25, 0.3) is 0 Å². The molecule has 3 heterocycles. The molecule has 1 aliphatic heterocycles. The van der Waals surface area contributed by atoms with Gasteiger partial charge in [0.1, 0.15) is 11.5 Å². The summed E-state index contributed by atoms with van der Waals surface area (Å²) in [5.41, 5.74) is 0.675. The highest BCUT2D eigenvalue weighted by atomic mass is 16.6. The van der Waals surface area contributed by atoms with Crippen LogP contribution >= 0.6 is 0 Å². The minimum absolute atomic E-state index is 0.137. The van der Waals surface area contributed by atoms with Gasteiger partial charge in [-0.1, -0.05) is 6.92 Å². The van der Waals surface area contributed by atoms with Gasteiger partial charge in [-0.15, -0.1) is 0 Å². The fourth-order valence-corrected chi connectivity index (χ4v) is 3.12. The van der Waals surface area contributed by atoms with E-state index in [4.69, 9.17) is 0 Å². The Balaban J connectivity index is 1.70. The minimum Gasteiger partial charge on any atom is -0.349 e. The number of rotatable bonds is 5. The first-order chi connectivity index (χ1) is 11.5. The third-order valence-corrected chi connectivity index (χ3v) is 4.26. The number of H-pyrrole nitrogens is 1. The molecule has 0 aliphatic carbocycles. The van der Waals surface area contributed by atoms with Crippen molar-refractivity contribution >= 4 is 11.5 Å². The van der Waals surface area contributed by atoms with Gasteiger partial charge in [0.2, 0.25) is 5.82 Å². The van der Waals surface area contributed by atoms with Gasteiger partial charge >= 0.3 is 5.69 Å². The summed E-state index contributed by atoms with van der Waals surface area (Å²) in [6.07, 6.45) is 0.550. The number of hydrogen-bond acceptors (Lipinski definition) is 7. The van der Waals surface area contributed by atoms with E-state index in [9.17, 15) is 10.1 Å². The number of nitrogens with one attached hydrogen (secondary N) is 1. The molecule has 10 nitrogen and oxygen atoms in total. The zero-order chi connectivity index (χ0) is 17.3. The van der Waals surface area contributed by atoms with E-state index in [-0.39, 0.29) is 10.6 Å². The highest BCUT2D eigenvalue weighted by Gasteiger charge is 2.31. The number of aryl methyl sites for hydroxylation is 3. The second-order valence-corrected chi connectivity index (χ2v) is 5.95. The summed E-state index contributed by atoms with van der Waals surface area (Å²) in [5.74, 6) is 2.19. The largest absolute Gasteiger partial charge is 0.349 e. The van der Waals surface area contributed by atoms with Crippen LogP contribution in [0.2, 0.25) is 0 Å². The highest BCUT2D eigenvalue weighted by Crippen LogP contribution is 2.32. The molecule has 0 amide bonds. The number of aromatic nitrogens is 5. The lowest BCUT2D eigenvalue weighted by atomic mass is 10.2. The second kappa shape index (κ2) is 6.56. The molecule has 24 heavy (non-hydrogen) atoms. The Bertz CT molecular complexity index is 729. The van der Waals surface area contributed by atoms with E-state index in [0.29, 0.717) is 37.6 Å². The maximum absolute atomic E-state index is 11.5. The number of anilines is 1. The maximum Gasteiger partial charge on any atom is 0.334 e. The zero-order valence-corrected chi connectivity index (χ0v) is 14.2. The SMILES string of the molecule is CCc1nn(C)c(N2CCN(Cc3n[nH]c(C)n3)CC2)c1[N+](=O)[O-]. The van der Waals surface area contributed by atoms with Crippen LogP contribution in [0.15, 0.2) is 0 Å². The molecule has 1 saturated heterocycles.